The number of aliphatic hydroxyl groups excluding tert-OH is 1. The predicted octanol–water partition coefficient (Wildman–Crippen LogP) is 1.35. The molecule has 0 spiro atoms. The molecule has 86 valence electrons. The second-order valence-electron chi connectivity index (χ2n) is 4.61. The second kappa shape index (κ2) is 4.17. The average molecular weight is 220 g/mol. The Morgan fingerprint density at radius 3 is 2.81 bits per heavy atom. The number of hydrogen-bond donors (Lipinski definition) is 1. The van der Waals surface area contributed by atoms with E-state index in [1.807, 2.05) is 30.3 Å². The van der Waals surface area contributed by atoms with E-state index in [0.717, 1.165) is 6.42 Å². The molecule has 0 bridgehead atoms. The van der Waals surface area contributed by atoms with Gasteiger partial charge < -0.3 is 14.6 Å². The fourth-order valence-corrected chi connectivity index (χ4v) is 2.45. The highest BCUT2D eigenvalue weighted by molar-refractivity contribution is 5.13. The molecule has 1 aliphatic carbocycles. The molecule has 0 amide bonds. The van der Waals surface area contributed by atoms with Crippen molar-refractivity contribution in [2.45, 2.75) is 31.3 Å². The van der Waals surface area contributed by atoms with E-state index in [0.29, 0.717) is 19.3 Å². The van der Waals surface area contributed by atoms with E-state index in [2.05, 4.69) is 0 Å². The molecule has 3 unspecified atom stereocenters. The first-order valence-corrected chi connectivity index (χ1v) is 5.80. The van der Waals surface area contributed by atoms with Gasteiger partial charge in [0.2, 0.25) is 0 Å². The van der Waals surface area contributed by atoms with Crippen LogP contribution in [0, 0.1) is 5.92 Å². The van der Waals surface area contributed by atoms with Gasteiger partial charge in [0, 0.05) is 12.3 Å². The van der Waals surface area contributed by atoms with Crippen molar-refractivity contribution < 1.29 is 14.6 Å². The third-order valence-corrected chi connectivity index (χ3v) is 3.43. The number of epoxide rings is 1. The summed E-state index contributed by atoms with van der Waals surface area (Å²) in [5, 5.41) is 9.73. The minimum absolute atomic E-state index is 0.175. The van der Waals surface area contributed by atoms with Gasteiger partial charge in [-0.15, -0.1) is 0 Å². The number of benzene rings is 1. The van der Waals surface area contributed by atoms with Gasteiger partial charge in [0.1, 0.15) is 0 Å². The lowest BCUT2D eigenvalue weighted by Gasteiger charge is -2.16. The number of aliphatic hydroxyl groups is 1. The lowest BCUT2D eigenvalue weighted by atomic mass is 10.1. The first-order valence-electron chi connectivity index (χ1n) is 5.80. The van der Waals surface area contributed by atoms with E-state index in [1.165, 1.54) is 5.56 Å². The summed E-state index contributed by atoms with van der Waals surface area (Å²) in [6.45, 7) is 1.21. The molecule has 4 atom stereocenters. The summed E-state index contributed by atoms with van der Waals surface area (Å²) < 4.78 is 11.0. The second-order valence-corrected chi connectivity index (χ2v) is 4.61. The molecule has 16 heavy (non-hydrogen) atoms. The smallest absolute Gasteiger partial charge is 0.0917 e. The maximum Gasteiger partial charge on any atom is 0.0917 e. The number of rotatable bonds is 4. The Morgan fingerprint density at radius 2 is 2.12 bits per heavy atom. The Morgan fingerprint density at radius 1 is 1.31 bits per heavy atom. The van der Waals surface area contributed by atoms with Gasteiger partial charge in [-0.3, -0.25) is 0 Å². The lowest BCUT2D eigenvalue weighted by Crippen LogP contribution is -2.25. The molecule has 1 aliphatic heterocycles. The van der Waals surface area contributed by atoms with Crippen LogP contribution in [0.15, 0.2) is 30.3 Å². The maximum atomic E-state index is 9.73. The zero-order valence-corrected chi connectivity index (χ0v) is 9.08. The van der Waals surface area contributed by atoms with Crippen LogP contribution in [0.25, 0.3) is 0 Å². The first kappa shape index (κ1) is 10.3. The minimum Gasteiger partial charge on any atom is -0.393 e. The van der Waals surface area contributed by atoms with Crippen LogP contribution in [0.1, 0.15) is 12.0 Å². The van der Waals surface area contributed by atoms with Crippen molar-refractivity contribution in [3.8, 4) is 0 Å². The van der Waals surface area contributed by atoms with E-state index < -0.39 is 0 Å². The molecule has 2 fully saturated rings. The summed E-state index contributed by atoms with van der Waals surface area (Å²) in [6, 6.07) is 10.1. The van der Waals surface area contributed by atoms with Gasteiger partial charge in [0.25, 0.3) is 0 Å². The highest BCUT2D eigenvalue weighted by Gasteiger charge is 2.55. The van der Waals surface area contributed by atoms with Crippen molar-refractivity contribution in [1.82, 2.24) is 0 Å². The minimum atomic E-state index is -0.237. The largest absolute Gasteiger partial charge is 0.393 e. The quantitative estimate of drug-likeness (QED) is 0.779. The molecular formula is C13H16O3. The number of ether oxygens (including phenoxy) is 2. The molecular weight excluding hydrogens is 204 g/mol. The van der Waals surface area contributed by atoms with E-state index in [9.17, 15) is 5.11 Å². The Balaban J connectivity index is 1.47. The van der Waals surface area contributed by atoms with E-state index in [1.54, 1.807) is 0 Å². The van der Waals surface area contributed by atoms with Gasteiger partial charge in [0.15, 0.2) is 0 Å². The van der Waals surface area contributed by atoms with Crippen LogP contribution in [-0.4, -0.2) is 30.0 Å². The van der Waals surface area contributed by atoms with Crippen LogP contribution >= 0.6 is 0 Å². The molecule has 1 aromatic carbocycles. The maximum absolute atomic E-state index is 9.73. The van der Waals surface area contributed by atoms with E-state index >= 15 is 0 Å². The molecule has 3 nitrogen and oxygen atoms in total. The monoisotopic (exact) mass is 220 g/mol. The number of hydrogen-bond acceptors (Lipinski definition) is 3. The normalized spacial score (nSPS) is 36.1. The van der Waals surface area contributed by atoms with Gasteiger partial charge in [-0.2, -0.15) is 0 Å². The van der Waals surface area contributed by atoms with Crippen molar-refractivity contribution in [2.75, 3.05) is 6.61 Å². The Kier molecular flexibility index (Phi) is 2.67. The predicted molar refractivity (Wildman–Crippen MR) is 58.9 cm³/mol. The van der Waals surface area contributed by atoms with Gasteiger partial charge in [-0.25, -0.2) is 0 Å². The van der Waals surface area contributed by atoms with Gasteiger partial charge in [0.05, 0.1) is 31.5 Å². The zero-order chi connectivity index (χ0) is 11.0. The molecule has 0 radical (unpaired) electrons. The van der Waals surface area contributed by atoms with Crippen molar-refractivity contribution in [1.29, 1.82) is 0 Å². The van der Waals surface area contributed by atoms with Crippen LogP contribution in [0.4, 0.5) is 0 Å². The van der Waals surface area contributed by atoms with Crippen LogP contribution in [0.5, 0.6) is 0 Å². The standard InChI is InChI=1S/C13H16O3/c14-11-6-12-13(16-12)10(11)8-15-7-9-4-2-1-3-5-9/h1-5,10-14H,6-8H2/t10?,11?,12?,13-/m0/s1. The molecule has 3 rings (SSSR count). The highest BCUT2D eigenvalue weighted by Crippen LogP contribution is 2.43. The van der Waals surface area contributed by atoms with Crippen molar-refractivity contribution >= 4 is 0 Å². The summed E-state index contributed by atoms with van der Waals surface area (Å²) >= 11 is 0. The fourth-order valence-electron chi connectivity index (χ4n) is 2.45. The van der Waals surface area contributed by atoms with Gasteiger partial charge in [-0.05, 0) is 5.56 Å². The summed E-state index contributed by atoms with van der Waals surface area (Å²) in [7, 11) is 0. The van der Waals surface area contributed by atoms with Crippen molar-refractivity contribution in [3.63, 3.8) is 0 Å². The molecule has 1 saturated carbocycles. The van der Waals surface area contributed by atoms with Gasteiger partial charge >= 0.3 is 0 Å². The van der Waals surface area contributed by atoms with Crippen LogP contribution < -0.4 is 0 Å². The van der Waals surface area contributed by atoms with E-state index in [4.69, 9.17) is 9.47 Å². The Hall–Kier alpha value is -0.900. The van der Waals surface area contributed by atoms with E-state index in [-0.39, 0.29) is 18.1 Å². The third-order valence-electron chi connectivity index (χ3n) is 3.43. The third kappa shape index (κ3) is 1.98. The van der Waals surface area contributed by atoms with Crippen LogP contribution in [0.3, 0.4) is 0 Å². The molecule has 1 heterocycles. The molecule has 0 aromatic heterocycles. The molecule has 2 aliphatic rings. The Labute approximate surface area is 95.0 Å². The van der Waals surface area contributed by atoms with Gasteiger partial charge in [-0.1, -0.05) is 30.3 Å². The summed E-state index contributed by atoms with van der Waals surface area (Å²) in [5.74, 6) is 0.175. The summed E-state index contributed by atoms with van der Waals surface area (Å²) in [6.07, 6.45) is 1.11. The SMILES string of the molecule is OC1CC2O[C@H]2C1COCc1ccccc1. The summed E-state index contributed by atoms with van der Waals surface area (Å²) in [5.41, 5.74) is 1.17. The first-order chi connectivity index (χ1) is 7.84. The zero-order valence-electron chi connectivity index (χ0n) is 9.08. The Bertz CT molecular complexity index is 349. The molecule has 3 heteroatoms. The fraction of sp³-hybridized carbons (Fsp3) is 0.538. The highest BCUT2D eigenvalue weighted by atomic mass is 16.6. The topological polar surface area (TPSA) is 42.0 Å². The number of fused-ring (bicyclic) bond motifs is 1. The lowest BCUT2D eigenvalue weighted by molar-refractivity contribution is 0.00570. The molecule has 1 N–H and O–H groups in total. The van der Waals surface area contributed by atoms with Crippen molar-refractivity contribution in [3.05, 3.63) is 35.9 Å². The van der Waals surface area contributed by atoms with Crippen LogP contribution in [-0.2, 0) is 16.1 Å². The average Bonchev–Trinajstić information content (AvgIpc) is 2.98. The molecule has 1 aromatic rings. The van der Waals surface area contributed by atoms with Crippen LogP contribution in [0.2, 0.25) is 0 Å². The molecule has 1 saturated heterocycles. The van der Waals surface area contributed by atoms with Crippen molar-refractivity contribution in [2.24, 2.45) is 5.92 Å². The summed E-state index contributed by atoms with van der Waals surface area (Å²) in [4.78, 5) is 0.